The van der Waals surface area contributed by atoms with E-state index in [-0.39, 0.29) is 11.9 Å². The molecule has 1 rings (SSSR count). The van der Waals surface area contributed by atoms with Gasteiger partial charge in [0.1, 0.15) is 0 Å². The Labute approximate surface area is 88.7 Å². The lowest BCUT2D eigenvalue weighted by atomic mass is 10.0. The van der Waals surface area contributed by atoms with Crippen LogP contribution in [0.1, 0.15) is 12.8 Å². The minimum absolute atomic E-state index is 0.111. The summed E-state index contributed by atoms with van der Waals surface area (Å²) in [6.45, 7) is 0. The molecule has 72 valence electrons. The van der Waals surface area contributed by atoms with E-state index in [2.05, 4.69) is 29.0 Å². The Bertz CT molecular complexity index is 343. The van der Waals surface area contributed by atoms with Gasteiger partial charge < -0.3 is 5.32 Å². The lowest BCUT2D eigenvalue weighted by molar-refractivity contribution is -0.127. The number of alkyl halides is 1. The van der Waals surface area contributed by atoms with Crippen molar-refractivity contribution in [2.45, 2.75) is 18.9 Å². The standard InChI is InChI=1S/C11H10ClNO/c12-8-6-4-2-1-3-5-7-10-9-11(14)13-10/h1-2,10H,7-9H2,(H,13,14)/b2-1-. The molecular weight excluding hydrogens is 198 g/mol. The third-order valence-corrected chi connectivity index (χ3v) is 1.80. The van der Waals surface area contributed by atoms with Gasteiger partial charge in [0.05, 0.1) is 5.88 Å². The molecule has 1 saturated heterocycles. The normalized spacial score (nSPS) is 18.6. The van der Waals surface area contributed by atoms with Gasteiger partial charge in [0.15, 0.2) is 0 Å². The first kappa shape index (κ1) is 10.7. The zero-order valence-corrected chi connectivity index (χ0v) is 8.40. The topological polar surface area (TPSA) is 29.1 Å². The molecule has 1 amide bonds. The second-order valence-corrected chi connectivity index (χ2v) is 3.05. The molecule has 1 aliphatic heterocycles. The number of β-lactam (4-membered cyclic amide) rings is 1. The Kier molecular flexibility index (Phi) is 4.69. The van der Waals surface area contributed by atoms with Crippen LogP contribution in [0, 0.1) is 23.7 Å². The van der Waals surface area contributed by atoms with Crippen LogP contribution >= 0.6 is 11.6 Å². The molecule has 3 heteroatoms. The Morgan fingerprint density at radius 2 is 2.07 bits per heavy atom. The highest BCUT2D eigenvalue weighted by Gasteiger charge is 2.23. The van der Waals surface area contributed by atoms with E-state index in [1.807, 2.05) is 0 Å². The van der Waals surface area contributed by atoms with Crippen LogP contribution in [0.5, 0.6) is 0 Å². The monoisotopic (exact) mass is 207 g/mol. The number of halogens is 1. The van der Waals surface area contributed by atoms with Crippen molar-refractivity contribution in [3.63, 3.8) is 0 Å². The summed E-state index contributed by atoms with van der Waals surface area (Å²) in [5, 5.41) is 2.74. The fraction of sp³-hybridized carbons (Fsp3) is 0.364. The maximum atomic E-state index is 10.5. The molecule has 1 fully saturated rings. The summed E-state index contributed by atoms with van der Waals surface area (Å²) >= 11 is 5.34. The smallest absolute Gasteiger partial charge is 0.222 e. The van der Waals surface area contributed by atoms with Crippen molar-refractivity contribution < 1.29 is 4.79 Å². The largest absolute Gasteiger partial charge is 0.352 e. The van der Waals surface area contributed by atoms with Crippen LogP contribution in [0.4, 0.5) is 0 Å². The van der Waals surface area contributed by atoms with Gasteiger partial charge in [-0.2, -0.15) is 0 Å². The summed E-state index contributed by atoms with van der Waals surface area (Å²) < 4.78 is 0. The molecular formula is C11H10ClNO. The highest BCUT2D eigenvalue weighted by Crippen LogP contribution is 2.06. The number of amides is 1. The van der Waals surface area contributed by atoms with Gasteiger partial charge >= 0.3 is 0 Å². The summed E-state index contributed by atoms with van der Waals surface area (Å²) in [7, 11) is 0. The molecule has 1 N–H and O–H groups in total. The van der Waals surface area contributed by atoms with Crippen molar-refractivity contribution in [3.05, 3.63) is 12.2 Å². The molecule has 0 saturated carbocycles. The van der Waals surface area contributed by atoms with Crippen LogP contribution in [0.25, 0.3) is 0 Å². The Balaban J connectivity index is 2.14. The minimum atomic E-state index is 0.111. The predicted molar refractivity (Wildman–Crippen MR) is 56.6 cm³/mol. The minimum Gasteiger partial charge on any atom is -0.352 e. The Morgan fingerprint density at radius 3 is 2.64 bits per heavy atom. The third kappa shape index (κ3) is 4.03. The van der Waals surface area contributed by atoms with E-state index in [1.54, 1.807) is 12.2 Å². The SMILES string of the molecule is O=C1CC(CC#C/C=C\C#CCCl)N1. The summed E-state index contributed by atoms with van der Waals surface area (Å²) in [6.07, 6.45) is 4.65. The van der Waals surface area contributed by atoms with Gasteiger partial charge in [-0.05, 0) is 12.2 Å². The molecule has 0 radical (unpaired) electrons. The number of allylic oxidation sites excluding steroid dienone is 2. The van der Waals surface area contributed by atoms with E-state index in [0.29, 0.717) is 18.7 Å². The van der Waals surface area contributed by atoms with E-state index < -0.39 is 0 Å². The number of hydrogen-bond acceptors (Lipinski definition) is 1. The summed E-state index contributed by atoms with van der Waals surface area (Å²) in [5.41, 5.74) is 0. The number of carbonyl (C=O) groups excluding carboxylic acids is 1. The van der Waals surface area contributed by atoms with E-state index in [0.717, 1.165) is 0 Å². The highest BCUT2D eigenvalue weighted by atomic mass is 35.5. The predicted octanol–water partition coefficient (Wildman–Crippen LogP) is 1.07. The zero-order chi connectivity index (χ0) is 10.2. The van der Waals surface area contributed by atoms with Crippen LogP contribution in [-0.2, 0) is 4.79 Å². The molecule has 0 spiro atoms. The van der Waals surface area contributed by atoms with Gasteiger partial charge in [0.2, 0.25) is 5.91 Å². The molecule has 0 aromatic heterocycles. The first-order valence-corrected chi connectivity index (χ1v) is 4.83. The van der Waals surface area contributed by atoms with Crippen molar-refractivity contribution in [2.75, 3.05) is 5.88 Å². The van der Waals surface area contributed by atoms with Gasteiger partial charge in [0.25, 0.3) is 0 Å². The van der Waals surface area contributed by atoms with Crippen LogP contribution < -0.4 is 5.32 Å². The Morgan fingerprint density at radius 1 is 1.43 bits per heavy atom. The number of carbonyl (C=O) groups is 1. The second kappa shape index (κ2) is 6.13. The number of hydrogen-bond donors (Lipinski definition) is 1. The molecule has 0 aromatic carbocycles. The van der Waals surface area contributed by atoms with E-state index in [9.17, 15) is 4.79 Å². The van der Waals surface area contributed by atoms with Gasteiger partial charge in [-0.25, -0.2) is 0 Å². The van der Waals surface area contributed by atoms with Crippen molar-refractivity contribution in [1.82, 2.24) is 5.32 Å². The lowest BCUT2D eigenvalue weighted by Crippen LogP contribution is -2.48. The molecule has 1 heterocycles. The maximum absolute atomic E-state index is 10.5. The van der Waals surface area contributed by atoms with Gasteiger partial charge in [-0.15, -0.1) is 11.6 Å². The molecule has 2 nitrogen and oxygen atoms in total. The van der Waals surface area contributed by atoms with Crippen molar-refractivity contribution in [1.29, 1.82) is 0 Å². The van der Waals surface area contributed by atoms with Crippen molar-refractivity contribution >= 4 is 17.5 Å². The average molecular weight is 208 g/mol. The second-order valence-electron chi connectivity index (χ2n) is 2.78. The van der Waals surface area contributed by atoms with Gasteiger partial charge in [-0.1, -0.05) is 23.7 Å². The first-order chi connectivity index (χ1) is 6.83. The number of rotatable bonds is 1. The molecule has 0 bridgehead atoms. The maximum Gasteiger partial charge on any atom is 0.222 e. The average Bonchev–Trinajstić information content (AvgIpc) is 2.13. The van der Waals surface area contributed by atoms with E-state index >= 15 is 0 Å². The van der Waals surface area contributed by atoms with Crippen molar-refractivity contribution in [3.8, 4) is 23.7 Å². The zero-order valence-electron chi connectivity index (χ0n) is 7.64. The lowest BCUT2D eigenvalue weighted by Gasteiger charge is -2.24. The molecule has 1 aliphatic rings. The summed E-state index contributed by atoms with van der Waals surface area (Å²) in [6, 6.07) is 0.248. The van der Waals surface area contributed by atoms with Gasteiger partial charge in [0, 0.05) is 18.9 Å². The van der Waals surface area contributed by atoms with E-state index in [4.69, 9.17) is 11.6 Å². The fourth-order valence-corrected chi connectivity index (χ4v) is 1.05. The number of nitrogens with one attached hydrogen (secondary N) is 1. The molecule has 1 unspecified atom stereocenters. The molecule has 0 aliphatic carbocycles. The third-order valence-electron chi connectivity index (χ3n) is 1.67. The molecule has 0 aromatic rings. The van der Waals surface area contributed by atoms with Crippen LogP contribution in [0.2, 0.25) is 0 Å². The molecule has 14 heavy (non-hydrogen) atoms. The van der Waals surface area contributed by atoms with Crippen LogP contribution in [0.15, 0.2) is 12.2 Å². The van der Waals surface area contributed by atoms with Gasteiger partial charge in [-0.3, -0.25) is 4.79 Å². The summed E-state index contributed by atoms with van der Waals surface area (Å²) in [5.74, 6) is 11.6. The first-order valence-electron chi connectivity index (χ1n) is 4.30. The fourth-order valence-electron chi connectivity index (χ4n) is 0.975. The van der Waals surface area contributed by atoms with Crippen LogP contribution in [0.3, 0.4) is 0 Å². The highest BCUT2D eigenvalue weighted by molar-refractivity contribution is 6.19. The summed E-state index contributed by atoms with van der Waals surface area (Å²) in [4.78, 5) is 10.5. The van der Waals surface area contributed by atoms with Crippen molar-refractivity contribution in [2.24, 2.45) is 0 Å². The quantitative estimate of drug-likeness (QED) is 0.389. The Hall–Kier alpha value is -1.38. The molecule has 1 atom stereocenters. The van der Waals surface area contributed by atoms with Crippen LogP contribution in [-0.4, -0.2) is 17.8 Å². The van der Waals surface area contributed by atoms with E-state index in [1.165, 1.54) is 0 Å².